The van der Waals surface area contributed by atoms with Crippen LogP contribution in [-0.4, -0.2) is 66.6 Å². The van der Waals surface area contributed by atoms with Gasteiger partial charge in [0.2, 0.25) is 0 Å². The first-order valence-electron chi connectivity index (χ1n) is 16.0. The fourth-order valence-electron chi connectivity index (χ4n) is 5.90. The van der Waals surface area contributed by atoms with Crippen molar-refractivity contribution >= 4 is 17.7 Å². The van der Waals surface area contributed by atoms with Gasteiger partial charge in [0.15, 0.2) is 6.61 Å². The van der Waals surface area contributed by atoms with Crippen LogP contribution in [0.5, 0.6) is 17.2 Å². The molecule has 3 amide bonds. The predicted octanol–water partition coefficient (Wildman–Crippen LogP) is 4.27. The molecule has 0 saturated carbocycles. The second-order valence-corrected chi connectivity index (χ2v) is 12.2. The Hall–Kier alpha value is -5.58. The third-order valence-corrected chi connectivity index (χ3v) is 8.61. The fraction of sp³-hybridized carbons (Fsp3) is 0.297. The maximum Gasteiger partial charge on any atom is 0.261 e. The number of H-pyrrole nitrogens is 1. The first-order chi connectivity index (χ1) is 23.2. The summed E-state index contributed by atoms with van der Waals surface area (Å²) in [5.74, 6) is 0.686. The third-order valence-electron chi connectivity index (χ3n) is 8.61. The highest BCUT2D eigenvalue weighted by Crippen LogP contribution is 2.33. The number of likely N-dealkylation sites (tertiary alicyclic amines) is 1. The number of fused-ring (bicyclic) bond motifs is 7. The summed E-state index contributed by atoms with van der Waals surface area (Å²) in [5.41, 5.74) is 2.99. The van der Waals surface area contributed by atoms with Crippen LogP contribution in [0, 0.1) is 0 Å². The quantitative estimate of drug-likeness (QED) is 0.301. The standard InChI is InChI=1S/C37H38N4O7/c1-22(2)30-13-12-28(36(44)39-30)37(45)41-16-15-33-31(20-41)40-35(43)25-9-14-32(46-3)29(18-25)24-5-4-6-27(17-24)47-21-34(42)38-19-23-7-10-26(48-33)11-8-23/h4-14,17-18,22,31,33H,15-16,19-21H2,1-3H3,(H,38,42)(H,39,44)(H,40,43)/t31-,33-/m1/s1. The van der Waals surface area contributed by atoms with Crippen molar-refractivity contribution in [1.29, 1.82) is 0 Å². The molecule has 48 heavy (non-hydrogen) atoms. The number of hydrogen-bond acceptors (Lipinski definition) is 7. The van der Waals surface area contributed by atoms with E-state index in [2.05, 4.69) is 15.6 Å². The highest BCUT2D eigenvalue weighted by atomic mass is 16.5. The van der Waals surface area contributed by atoms with E-state index in [-0.39, 0.29) is 36.4 Å². The topological polar surface area (TPSA) is 139 Å². The highest BCUT2D eigenvalue weighted by molar-refractivity contribution is 5.97. The molecule has 1 saturated heterocycles. The van der Waals surface area contributed by atoms with Crippen LogP contribution in [0.1, 0.15) is 58.2 Å². The molecule has 11 heteroatoms. The summed E-state index contributed by atoms with van der Waals surface area (Å²) in [6, 6.07) is 22.4. The first kappa shape index (κ1) is 32.4. The number of methoxy groups -OCH3 is 1. The summed E-state index contributed by atoms with van der Waals surface area (Å²) >= 11 is 0. The summed E-state index contributed by atoms with van der Waals surface area (Å²) in [5, 5.41) is 5.98. The van der Waals surface area contributed by atoms with Crippen molar-refractivity contribution in [2.24, 2.45) is 0 Å². The molecule has 2 atom stereocenters. The minimum atomic E-state index is -0.601. The molecule has 0 spiro atoms. The van der Waals surface area contributed by atoms with Crippen molar-refractivity contribution in [2.45, 2.75) is 44.9 Å². The molecule has 4 heterocycles. The van der Waals surface area contributed by atoms with E-state index in [1.807, 2.05) is 44.2 Å². The van der Waals surface area contributed by atoms with Gasteiger partial charge in [0.05, 0.1) is 13.2 Å². The number of hydrogen-bond donors (Lipinski definition) is 3. The van der Waals surface area contributed by atoms with Gasteiger partial charge in [-0.25, -0.2) is 0 Å². The van der Waals surface area contributed by atoms with Crippen LogP contribution in [0.15, 0.2) is 83.7 Å². The minimum absolute atomic E-state index is 0.0469. The van der Waals surface area contributed by atoms with Crippen LogP contribution in [0.3, 0.4) is 0 Å². The molecular weight excluding hydrogens is 612 g/mol. The molecule has 7 rings (SSSR count). The summed E-state index contributed by atoms with van der Waals surface area (Å²) in [6.45, 7) is 4.53. The zero-order valence-electron chi connectivity index (χ0n) is 27.1. The third kappa shape index (κ3) is 7.20. The maximum absolute atomic E-state index is 13.9. The van der Waals surface area contributed by atoms with E-state index >= 15 is 0 Å². The van der Waals surface area contributed by atoms with Crippen molar-refractivity contribution in [2.75, 3.05) is 26.8 Å². The lowest BCUT2D eigenvalue weighted by Crippen LogP contribution is -2.58. The van der Waals surface area contributed by atoms with Gasteiger partial charge in [-0.3, -0.25) is 19.2 Å². The van der Waals surface area contributed by atoms with E-state index in [0.29, 0.717) is 47.9 Å². The van der Waals surface area contributed by atoms with Crippen LogP contribution in [0.25, 0.3) is 11.1 Å². The van der Waals surface area contributed by atoms with Crippen LogP contribution in [-0.2, 0) is 11.3 Å². The summed E-state index contributed by atoms with van der Waals surface area (Å²) < 4.78 is 17.8. The molecule has 1 aromatic heterocycles. The zero-order valence-corrected chi connectivity index (χ0v) is 27.1. The van der Waals surface area contributed by atoms with E-state index in [9.17, 15) is 19.2 Å². The normalized spacial score (nSPS) is 18.1. The molecule has 3 aliphatic rings. The zero-order chi connectivity index (χ0) is 33.8. The van der Waals surface area contributed by atoms with E-state index in [1.165, 1.54) is 0 Å². The average Bonchev–Trinajstić information content (AvgIpc) is 3.10. The number of ether oxygens (including phenoxy) is 3. The minimum Gasteiger partial charge on any atom is -0.496 e. The smallest absolute Gasteiger partial charge is 0.261 e. The molecular formula is C37H38N4O7. The number of nitrogens with zero attached hydrogens (tertiary/aromatic N) is 1. The Kier molecular flexibility index (Phi) is 9.47. The molecule has 6 bridgehead atoms. The van der Waals surface area contributed by atoms with Gasteiger partial charge in [-0.15, -0.1) is 0 Å². The molecule has 248 valence electrons. The van der Waals surface area contributed by atoms with Gasteiger partial charge < -0.3 is 34.7 Å². The fourth-order valence-corrected chi connectivity index (χ4v) is 5.90. The molecule has 1 fully saturated rings. The number of amides is 3. The Morgan fingerprint density at radius 1 is 0.938 bits per heavy atom. The van der Waals surface area contributed by atoms with Crippen molar-refractivity contribution in [3.8, 4) is 28.4 Å². The predicted molar refractivity (Wildman–Crippen MR) is 180 cm³/mol. The molecule has 0 unspecified atom stereocenters. The number of carbonyl (C=O) groups is 3. The van der Waals surface area contributed by atoms with E-state index < -0.39 is 23.6 Å². The lowest BCUT2D eigenvalue weighted by atomic mass is 9.98. The van der Waals surface area contributed by atoms with Crippen LogP contribution < -0.4 is 30.4 Å². The number of carbonyl (C=O) groups excluding carboxylic acids is 3. The molecule has 0 aliphatic carbocycles. The van der Waals surface area contributed by atoms with Crippen molar-refractivity contribution < 1.29 is 28.6 Å². The van der Waals surface area contributed by atoms with Gasteiger partial charge in [0.25, 0.3) is 23.3 Å². The Morgan fingerprint density at radius 2 is 1.75 bits per heavy atom. The lowest BCUT2D eigenvalue weighted by Gasteiger charge is -2.38. The molecule has 0 radical (unpaired) electrons. The van der Waals surface area contributed by atoms with Gasteiger partial charge in [0.1, 0.15) is 28.9 Å². The Morgan fingerprint density at radius 3 is 2.50 bits per heavy atom. The average molecular weight is 651 g/mol. The summed E-state index contributed by atoms with van der Waals surface area (Å²) in [4.78, 5) is 57.3. The SMILES string of the molecule is COc1ccc2cc1-c1cccc(c1)OCC(=O)NCc1ccc(cc1)O[C@@H]1CCN(C(=O)c3ccc(C(C)C)[nH]c3=O)C[C@H]1NC2=O. The Bertz CT molecular complexity index is 1890. The van der Waals surface area contributed by atoms with Gasteiger partial charge in [-0.05, 0) is 71.6 Å². The largest absolute Gasteiger partial charge is 0.496 e. The van der Waals surface area contributed by atoms with Crippen LogP contribution >= 0.6 is 0 Å². The van der Waals surface area contributed by atoms with E-state index in [4.69, 9.17) is 14.2 Å². The Labute approximate surface area is 278 Å². The second-order valence-electron chi connectivity index (χ2n) is 12.2. The van der Waals surface area contributed by atoms with E-state index in [1.54, 1.807) is 60.5 Å². The van der Waals surface area contributed by atoms with Gasteiger partial charge >= 0.3 is 0 Å². The van der Waals surface area contributed by atoms with Crippen molar-refractivity contribution in [1.82, 2.24) is 20.5 Å². The number of rotatable bonds is 3. The van der Waals surface area contributed by atoms with E-state index in [0.717, 1.165) is 16.8 Å². The molecule has 3 aliphatic heterocycles. The highest BCUT2D eigenvalue weighted by Gasteiger charge is 2.35. The summed E-state index contributed by atoms with van der Waals surface area (Å²) in [6.07, 6.45) is -0.0563. The molecule has 4 aromatic rings. The first-order valence-corrected chi connectivity index (χ1v) is 16.0. The second kappa shape index (κ2) is 14.0. The number of nitrogens with one attached hydrogen (secondary N) is 3. The molecule has 3 aromatic carbocycles. The molecule has 11 nitrogen and oxygen atoms in total. The maximum atomic E-state index is 13.9. The van der Waals surface area contributed by atoms with Gasteiger partial charge in [-0.1, -0.05) is 38.1 Å². The van der Waals surface area contributed by atoms with Crippen LogP contribution in [0.2, 0.25) is 0 Å². The monoisotopic (exact) mass is 650 g/mol. The number of aromatic nitrogens is 1. The van der Waals surface area contributed by atoms with Gasteiger partial charge in [0, 0.05) is 42.9 Å². The van der Waals surface area contributed by atoms with Gasteiger partial charge in [-0.2, -0.15) is 0 Å². The van der Waals surface area contributed by atoms with Crippen molar-refractivity contribution in [3.05, 3.63) is 112 Å². The number of benzene rings is 3. The molecule has 3 N–H and O–H groups in total. The number of piperidine rings is 1. The number of aromatic amines is 1. The lowest BCUT2D eigenvalue weighted by molar-refractivity contribution is -0.123. The van der Waals surface area contributed by atoms with Crippen LogP contribution in [0.4, 0.5) is 0 Å². The number of pyridine rings is 1. The summed E-state index contributed by atoms with van der Waals surface area (Å²) in [7, 11) is 1.55. The Balaban J connectivity index is 1.33. The van der Waals surface area contributed by atoms with Crippen molar-refractivity contribution in [3.63, 3.8) is 0 Å².